The predicted octanol–water partition coefficient (Wildman–Crippen LogP) is 1.06. The highest BCUT2D eigenvalue weighted by molar-refractivity contribution is 5.98. The molecule has 1 rings (SSSR count). The maximum absolute atomic E-state index is 10.4. The van der Waals surface area contributed by atoms with Crippen LogP contribution in [-0.2, 0) is 0 Å². The maximum atomic E-state index is 10.4. The second kappa shape index (κ2) is 4.30. The Kier molecular flexibility index (Phi) is 3.08. The van der Waals surface area contributed by atoms with Gasteiger partial charge in [0.25, 0.3) is 0 Å². The van der Waals surface area contributed by atoms with Crippen molar-refractivity contribution < 1.29 is 9.21 Å². The highest BCUT2D eigenvalue weighted by Gasteiger charge is 2.03. The van der Waals surface area contributed by atoms with Crippen LogP contribution in [0.1, 0.15) is 19.1 Å². The number of primary amides is 1. The summed E-state index contributed by atoms with van der Waals surface area (Å²) < 4.78 is 5.10. The Morgan fingerprint density at radius 2 is 2.54 bits per heavy atom. The fourth-order valence-corrected chi connectivity index (χ4v) is 0.874. The molecule has 0 saturated heterocycles. The van der Waals surface area contributed by atoms with Crippen molar-refractivity contribution in [3.63, 3.8) is 0 Å². The summed E-state index contributed by atoms with van der Waals surface area (Å²) in [6, 6.07) is 2.84. The van der Waals surface area contributed by atoms with Crippen molar-refractivity contribution in [2.45, 2.75) is 13.3 Å². The number of furan rings is 1. The lowest BCUT2D eigenvalue weighted by Gasteiger charge is -1.98. The lowest BCUT2D eigenvalue weighted by atomic mass is 10.2. The molecule has 1 aromatic heterocycles. The summed E-state index contributed by atoms with van der Waals surface area (Å²) in [6.45, 7) is 1.91. The van der Waals surface area contributed by atoms with Crippen LogP contribution in [0.5, 0.6) is 0 Å². The standard InChI is InChI=1S/C8H11N3O2/c1-2-6(10-11-8(9)12)7-4-3-5-13-7/h3-5H,2H2,1H3,(H3,9,11,12)/b10-6-. The summed E-state index contributed by atoms with van der Waals surface area (Å²) in [6.07, 6.45) is 2.21. The highest BCUT2D eigenvalue weighted by atomic mass is 16.3. The molecule has 0 unspecified atom stereocenters. The second-order valence-electron chi connectivity index (χ2n) is 2.37. The van der Waals surface area contributed by atoms with Gasteiger partial charge in [-0.1, -0.05) is 6.92 Å². The van der Waals surface area contributed by atoms with Gasteiger partial charge in [0.1, 0.15) is 11.5 Å². The zero-order valence-corrected chi connectivity index (χ0v) is 7.28. The van der Waals surface area contributed by atoms with Crippen molar-refractivity contribution in [1.29, 1.82) is 0 Å². The molecule has 0 aromatic carbocycles. The average molecular weight is 181 g/mol. The molecule has 0 saturated carbocycles. The van der Waals surface area contributed by atoms with Crippen LogP contribution in [0.25, 0.3) is 0 Å². The van der Waals surface area contributed by atoms with E-state index in [-0.39, 0.29) is 0 Å². The molecule has 0 atom stereocenters. The van der Waals surface area contributed by atoms with Gasteiger partial charge < -0.3 is 10.2 Å². The molecule has 0 spiro atoms. The highest BCUT2D eigenvalue weighted by Crippen LogP contribution is 2.04. The number of urea groups is 1. The molecular formula is C8H11N3O2. The van der Waals surface area contributed by atoms with Gasteiger partial charge >= 0.3 is 6.03 Å². The van der Waals surface area contributed by atoms with Crippen molar-refractivity contribution in [1.82, 2.24) is 5.43 Å². The molecule has 0 radical (unpaired) electrons. The van der Waals surface area contributed by atoms with Crippen LogP contribution in [-0.4, -0.2) is 11.7 Å². The molecule has 0 bridgehead atoms. The topological polar surface area (TPSA) is 80.6 Å². The molecule has 5 nitrogen and oxygen atoms in total. The molecule has 5 heteroatoms. The number of nitrogens with zero attached hydrogens (tertiary/aromatic N) is 1. The van der Waals surface area contributed by atoms with E-state index in [1.807, 2.05) is 6.92 Å². The third kappa shape index (κ3) is 2.62. The minimum Gasteiger partial charge on any atom is -0.463 e. The zero-order valence-electron chi connectivity index (χ0n) is 7.28. The number of rotatable bonds is 3. The molecule has 1 heterocycles. The van der Waals surface area contributed by atoms with E-state index >= 15 is 0 Å². The number of nitrogens with two attached hydrogens (primary N) is 1. The van der Waals surface area contributed by atoms with Crippen LogP contribution in [0.4, 0.5) is 4.79 Å². The number of hydrogen-bond donors (Lipinski definition) is 2. The van der Waals surface area contributed by atoms with Crippen LogP contribution in [0.15, 0.2) is 27.9 Å². The largest absolute Gasteiger partial charge is 0.463 e. The number of hydrazone groups is 1. The molecule has 0 aliphatic heterocycles. The Morgan fingerprint density at radius 1 is 1.77 bits per heavy atom. The SMILES string of the molecule is CC/C(=N/NC(N)=O)c1ccco1. The number of nitrogens with one attached hydrogen (secondary N) is 1. The molecule has 13 heavy (non-hydrogen) atoms. The summed E-state index contributed by atoms with van der Waals surface area (Å²) >= 11 is 0. The molecule has 3 N–H and O–H groups in total. The van der Waals surface area contributed by atoms with Crippen molar-refractivity contribution in [2.24, 2.45) is 10.8 Å². The lowest BCUT2D eigenvalue weighted by Crippen LogP contribution is -2.25. The minimum absolute atomic E-state index is 0.635. The van der Waals surface area contributed by atoms with E-state index in [0.717, 1.165) is 0 Å². The van der Waals surface area contributed by atoms with Gasteiger partial charge in [0.15, 0.2) is 0 Å². The van der Waals surface area contributed by atoms with Crippen LogP contribution in [0.3, 0.4) is 0 Å². The summed E-state index contributed by atoms with van der Waals surface area (Å²) in [5, 5.41) is 3.78. The summed E-state index contributed by atoms with van der Waals surface area (Å²) in [7, 11) is 0. The van der Waals surface area contributed by atoms with E-state index in [1.54, 1.807) is 18.4 Å². The molecular weight excluding hydrogens is 170 g/mol. The van der Waals surface area contributed by atoms with Gasteiger partial charge in [-0.2, -0.15) is 5.10 Å². The van der Waals surface area contributed by atoms with E-state index in [1.165, 1.54) is 0 Å². The van der Waals surface area contributed by atoms with E-state index in [0.29, 0.717) is 17.9 Å². The van der Waals surface area contributed by atoms with Crippen LogP contribution >= 0.6 is 0 Å². The summed E-state index contributed by atoms with van der Waals surface area (Å²) in [5.41, 5.74) is 7.67. The van der Waals surface area contributed by atoms with Crippen molar-refractivity contribution >= 4 is 11.7 Å². The maximum Gasteiger partial charge on any atom is 0.332 e. The van der Waals surface area contributed by atoms with E-state index in [2.05, 4.69) is 10.5 Å². The van der Waals surface area contributed by atoms with Crippen LogP contribution in [0, 0.1) is 0 Å². The van der Waals surface area contributed by atoms with Crippen molar-refractivity contribution in [3.8, 4) is 0 Å². The zero-order chi connectivity index (χ0) is 9.68. The number of amides is 2. The van der Waals surface area contributed by atoms with Gasteiger partial charge in [0.2, 0.25) is 0 Å². The Balaban J connectivity index is 2.73. The quantitative estimate of drug-likeness (QED) is 0.540. The minimum atomic E-state index is -0.683. The third-order valence-electron chi connectivity index (χ3n) is 1.44. The van der Waals surface area contributed by atoms with E-state index < -0.39 is 6.03 Å². The number of carbonyl (C=O) groups excluding carboxylic acids is 1. The first-order valence-electron chi connectivity index (χ1n) is 3.90. The Hall–Kier alpha value is -1.78. The van der Waals surface area contributed by atoms with Gasteiger partial charge in [-0.05, 0) is 18.6 Å². The third-order valence-corrected chi connectivity index (χ3v) is 1.44. The molecule has 70 valence electrons. The second-order valence-corrected chi connectivity index (χ2v) is 2.37. The Labute approximate surface area is 75.6 Å². The average Bonchev–Trinajstić information content (AvgIpc) is 2.58. The van der Waals surface area contributed by atoms with Crippen molar-refractivity contribution in [3.05, 3.63) is 24.2 Å². The summed E-state index contributed by atoms with van der Waals surface area (Å²) in [4.78, 5) is 10.4. The van der Waals surface area contributed by atoms with Crippen LogP contribution < -0.4 is 11.2 Å². The van der Waals surface area contributed by atoms with Gasteiger partial charge in [0, 0.05) is 0 Å². The molecule has 0 aliphatic carbocycles. The first kappa shape index (κ1) is 9.31. The normalized spacial score (nSPS) is 11.3. The Morgan fingerprint density at radius 3 is 3.00 bits per heavy atom. The van der Waals surface area contributed by atoms with Gasteiger partial charge in [0.05, 0.1) is 6.26 Å². The lowest BCUT2D eigenvalue weighted by molar-refractivity contribution is 0.249. The first-order chi connectivity index (χ1) is 6.24. The Bertz CT molecular complexity index is 303. The molecule has 0 fully saturated rings. The number of carbonyl (C=O) groups is 1. The van der Waals surface area contributed by atoms with Crippen LogP contribution in [0.2, 0.25) is 0 Å². The predicted molar refractivity (Wildman–Crippen MR) is 48.3 cm³/mol. The van der Waals surface area contributed by atoms with Gasteiger partial charge in [-0.3, -0.25) is 0 Å². The van der Waals surface area contributed by atoms with E-state index in [9.17, 15) is 4.79 Å². The monoisotopic (exact) mass is 181 g/mol. The molecule has 2 amide bonds. The smallest absolute Gasteiger partial charge is 0.332 e. The van der Waals surface area contributed by atoms with E-state index in [4.69, 9.17) is 10.2 Å². The first-order valence-corrected chi connectivity index (χ1v) is 3.90. The van der Waals surface area contributed by atoms with Crippen molar-refractivity contribution in [2.75, 3.05) is 0 Å². The van der Waals surface area contributed by atoms with Gasteiger partial charge in [-0.15, -0.1) is 0 Å². The fourth-order valence-electron chi connectivity index (χ4n) is 0.874. The molecule has 1 aromatic rings. The fraction of sp³-hybridized carbons (Fsp3) is 0.250. The summed E-state index contributed by atoms with van der Waals surface area (Å²) in [5.74, 6) is 0.635. The number of hydrogen-bond acceptors (Lipinski definition) is 3. The van der Waals surface area contributed by atoms with Gasteiger partial charge in [-0.25, -0.2) is 10.2 Å². The molecule has 0 aliphatic rings.